The van der Waals surface area contributed by atoms with E-state index in [2.05, 4.69) is 0 Å². The van der Waals surface area contributed by atoms with Crippen molar-refractivity contribution in [3.63, 3.8) is 0 Å². The second kappa shape index (κ2) is 3.72. The van der Waals surface area contributed by atoms with Gasteiger partial charge in [0.2, 0.25) is 0 Å². The van der Waals surface area contributed by atoms with Crippen LogP contribution in [0.2, 0.25) is 0 Å². The van der Waals surface area contributed by atoms with Crippen molar-refractivity contribution in [1.82, 2.24) is 0 Å². The molecule has 0 amide bonds. The van der Waals surface area contributed by atoms with Gasteiger partial charge in [-0.3, -0.25) is 4.79 Å². The lowest BCUT2D eigenvalue weighted by molar-refractivity contribution is -0.145. The third-order valence-electron chi connectivity index (χ3n) is 2.47. The Bertz CT molecular complexity index is 147. The van der Waals surface area contributed by atoms with Crippen molar-refractivity contribution in [1.29, 1.82) is 0 Å². The first-order valence-electron chi connectivity index (χ1n) is 4.01. The van der Waals surface area contributed by atoms with Gasteiger partial charge in [0.15, 0.2) is 0 Å². The lowest BCUT2D eigenvalue weighted by atomic mass is 9.82. The molecule has 2 atom stereocenters. The highest BCUT2D eigenvalue weighted by atomic mass is 16.4. The maximum Gasteiger partial charge on any atom is 0.323 e. The smallest absolute Gasteiger partial charge is 0.323 e. The third-order valence-corrected chi connectivity index (χ3v) is 2.47. The first-order valence-corrected chi connectivity index (χ1v) is 4.01. The Morgan fingerprint density at radius 1 is 1.64 bits per heavy atom. The molecule has 0 radical (unpaired) electrons. The van der Waals surface area contributed by atoms with E-state index in [9.17, 15) is 4.79 Å². The molecule has 0 spiro atoms. The number of hydrogen-bond acceptors (Lipinski definition) is 2. The zero-order valence-electron chi connectivity index (χ0n) is 7.42. The van der Waals surface area contributed by atoms with Crippen molar-refractivity contribution in [2.75, 3.05) is 0 Å². The Balaban J connectivity index is 4.45. The fourth-order valence-electron chi connectivity index (χ4n) is 1.07. The molecule has 0 rings (SSSR count). The van der Waals surface area contributed by atoms with Crippen LogP contribution in [0.3, 0.4) is 0 Å². The first-order chi connectivity index (χ1) is 4.99. The molecule has 3 nitrogen and oxygen atoms in total. The summed E-state index contributed by atoms with van der Waals surface area (Å²) in [7, 11) is 0. The number of aliphatic carboxylic acids is 1. The predicted molar refractivity (Wildman–Crippen MR) is 44.3 cm³/mol. The minimum absolute atomic E-state index is 0.0324. The van der Waals surface area contributed by atoms with Crippen LogP contribution in [-0.2, 0) is 4.79 Å². The van der Waals surface area contributed by atoms with E-state index in [0.29, 0.717) is 6.42 Å². The van der Waals surface area contributed by atoms with Gasteiger partial charge in [0.1, 0.15) is 5.54 Å². The van der Waals surface area contributed by atoms with Gasteiger partial charge in [0.05, 0.1) is 0 Å². The second-order valence-corrected chi connectivity index (χ2v) is 3.01. The normalized spacial score (nSPS) is 18.9. The zero-order valence-corrected chi connectivity index (χ0v) is 7.42. The van der Waals surface area contributed by atoms with Gasteiger partial charge >= 0.3 is 5.97 Å². The molecular formula is C8H17NO2. The summed E-state index contributed by atoms with van der Waals surface area (Å²) in [5.74, 6) is -0.862. The highest BCUT2D eigenvalue weighted by molar-refractivity contribution is 5.78. The molecule has 3 heteroatoms. The van der Waals surface area contributed by atoms with Crippen LogP contribution in [0.5, 0.6) is 0 Å². The summed E-state index contributed by atoms with van der Waals surface area (Å²) >= 11 is 0. The van der Waals surface area contributed by atoms with Gasteiger partial charge in [-0.15, -0.1) is 0 Å². The second-order valence-electron chi connectivity index (χ2n) is 3.01. The van der Waals surface area contributed by atoms with E-state index in [0.717, 1.165) is 6.42 Å². The molecule has 0 aliphatic rings. The van der Waals surface area contributed by atoms with Crippen molar-refractivity contribution in [3.05, 3.63) is 0 Å². The Morgan fingerprint density at radius 3 is 2.18 bits per heavy atom. The number of carboxylic acids is 1. The Kier molecular flexibility index (Phi) is 3.52. The standard InChI is InChI=1S/C8H17NO2/c1-4-6(3)8(9,5-2)7(10)11/h6H,4-5,9H2,1-3H3,(H,10,11)/t6?,8-/m0/s1. The number of hydrogen-bond donors (Lipinski definition) is 2. The largest absolute Gasteiger partial charge is 0.480 e. The van der Waals surface area contributed by atoms with Crippen molar-refractivity contribution in [3.8, 4) is 0 Å². The maximum atomic E-state index is 10.7. The molecule has 0 bridgehead atoms. The van der Waals surface area contributed by atoms with Crippen LogP contribution >= 0.6 is 0 Å². The molecule has 0 saturated carbocycles. The van der Waals surface area contributed by atoms with Crippen LogP contribution in [0.25, 0.3) is 0 Å². The lowest BCUT2D eigenvalue weighted by Gasteiger charge is -2.29. The van der Waals surface area contributed by atoms with Crippen molar-refractivity contribution < 1.29 is 9.90 Å². The Morgan fingerprint density at radius 2 is 2.09 bits per heavy atom. The maximum absolute atomic E-state index is 10.7. The quantitative estimate of drug-likeness (QED) is 0.648. The molecule has 11 heavy (non-hydrogen) atoms. The molecule has 0 aromatic heterocycles. The molecule has 66 valence electrons. The van der Waals surface area contributed by atoms with Crippen molar-refractivity contribution >= 4 is 5.97 Å². The van der Waals surface area contributed by atoms with Crippen molar-refractivity contribution in [2.24, 2.45) is 11.7 Å². The monoisotopic (exact) mass is 159 g/mol. The fraction of sp³-hybridized carbons (Fsp3) is 0.875. The van der Waals surface area contributed by atoms with E-state index in [1.807, 2.05) is 13.8 Å². The van der Waals surface area contributed by atoms with Gasteiger partial charge in [-0.2, -0.15) is 0 Å². The summed E-state index contributed by atoms with van der Waals surface area (Å²) in [5, 5.41) is 8.81. The molecule has 0 heterocycles. The molecule has 0 aliphatic carbocycles. The van der Waals surface area contributed by atoms with Gasteiger partial charge in [0, 0.05) is 0 Å². The summed E-state index contributed by atoms with van der Waals surface area (Å²) in [4.78, 5) is 10.7. The fourth-order valence-corrected chi connectivity index (χ4v) is 1.07. The SMILES string of the molecule is CCC(C)[C@@](N)(CC)C(=O)O. The summed E-state index contributed by atoms with van der Waals surface area (Å²) in [6, 6.07) is 0. The highest BCUT2D eigenvalue weighted by Gasteiger charge is 2.36. The van der Waals surface area contributed by atoms with E-state index in [4.69, 9.17) is 10.8 Å². The molecule has 1 unspecified atom stereocenters. The van der Waals surface area contributed by atoms with Crippen molar-refractivity contribution in [2.45, 2.75) is 39.2 Å². The van der Waals surface area contributed by atoms with E-state index >= 15 is 0 Å². The number of nitrogens with two attached hydrogens (primary N) is 1. The van der Waals surface area contributed by atoms with Crippen LogP contribution in [0, 0.1) is 5.92 Å². The molecule has 0 fully saturated rings. The van der Waals surface area contributed by atoms with E-state index < -0.39 is 11.5 Å². The minimum atomic E-state index is -1.03. The summed E-state index contributed by atoms with van der Waals surface area (Å²) in [5.41, 5.74) is 4.66. The Labute approximate surface area is 67.6 Å². The van der Waals surface area contributed by atoms with Crippen LogP contribution in [0.1, 0.15) is 33.6 Å². The average molecular weight is 159 g/mol. The summed E-state index contributed by atoms with van der Waals surface area (Å²) in [6.07, 6.45) is 1.29. The van der Waals surface area contributed by atoms with Crippen LogP contribution in [0.4, 0.5) is 0 Å². The number of carboxylic acid groups (broad SMARTS) is 1. The molecule has 0 aromatic carbocycles. The minimum Gasteiger partial charge on any atom is -0.480 e. The zero-order chi connectivity index (χ0) is 9.07. The van der Waals surface area contributed by atoms with E-state index in [1.54, 1.807) is 6.92 Å². The van der Waals surface area contributed by atoms with Gasteiger partial charge in [-0.1, -0.05) is 27.2 Å². The van der Waals surface area contributed by atoms with Crippen LogP contribution < -0.4 is 5.73 Å². The van der Waals surface area contributed by atoms with Crippen LogP contribution in [-0.4, -0.2) is 16.6 Å². The van der Waals surface area contributed by atoms with Gasteiger partial charge < -0.3 is 10.8 Å². The predicted octanol–water partition coefficient (Wildman–Crippen LogP) is 1.22. The molecule has 0 aliphatic heterocycles. The molecule has 3 N–H and O–H groups in total. The van der Waals surface area contributed by atoms with Gasteiger partial charge in [-0.25, -0.2) is 0 Å². The molecular weight excluding hydrogens is 142 g/mol. The molecule has 0 aromatic rings. The lowest BCUT2D eigenvalue weighted by Crippen LogP contribution is -2.52. The number of carbonyl (C=O) groups is 1. The summed E-state index contributed by atoms with van der Waals surface area (Å²) < 4.78 is 0. The summed E-state index contributed by atoms with van der Waals surface area (Å²) in [6.45, 7) is 5.63. The Hall–Kier alpha value is -0.570. The molecule has 0 saturated heterocycles. The topological polar surface area (TPSA) is 63.3 Å². The highest BCUT2D eigenvalue weighted by Crippen LogP contribution is 2.21. The van der Waals surface area contributed by atoms with Gasteiger partial charge in [0.25, 0.3) is 0 Å². The average Bonchev–Trinajstić information content (AvgIpc) is 2.01. The van der Waals surface area contributed by atoms with Crippen LogP contribution in [0.15, 0.2) is 0 Å². The van der Waals surface area contributed by atoms with Gasteiger partial charge in [-0.05, 0) is 12.3 Å². The van der Waals surface area contributed by atoms with E-state index in [1.165, 1.54) is 0 Å². The number of rotatable bonds is 4. The van der Waals surface area contributed by atoms with E-state index in [-0.39, 0.29) is 5.92 Å². The first kappa shape index (κ1) is 10.4. The third kappa shape index (κ3) is 1.93.